The Morgan fingerprint density at radius 2 is 1.57 bits per heavy atom. The summed E-state index contributed by atoms with van der Waals surface area (Å²) in [7, 11) is 1.81. The summed E-state index contributed by atoms with van der Waals surface area (Å²) >= 11 is 0. The zero-order chi connectivity index (χ0) is 16.4. The molecule has 1 saturated carbocycles. The molecule has 0 heterocycles. The molecule has 5 nitrogen and oxygen atoms in total. The first-order valence-corrected chi connectivity index (χ1v) is 7.77. The fourth-order valence-corrected chi connectivity index (χ4v) is 2.57. The standard InChI is InChI=1S/C16H30N2O3/c1-11-7-9-12(10-8-11)18(6)14(21)17-16(4,5)15(2,3)13(19)20/h11-12H,7-10H2,1-6H3,(H,17,21)(H,19,20). The maximum atomic E-state index is 12.4. The third-order valence-corrected chi connectivity index (χ3v) is 5.37. The summed E-state index contributed by atoms with van der Waals surface area (Å²) in [5, 5.41) is 12.2. The van der Waals surface area contributed by atoms with Gasteiger partial charge in [-0.15, -0.1) is 0 Å². The van der Waals surface area contributed by atoms with Crippen LogP contribution in [0.2, 0.25) is 0 Å². The molecule has 1 rings (SSSR count). The fraction of sp³-hybridized carbons (Fsp3) is 0.875. The molecule has 122 valence electrons. The SMILES string of the molecule is CC1CCC(N(C)C(=O)NC(C)(C)C(C)(C)C(=O)O)CC1. The molecular formula is C16H30N2O3. The van der Waals surface area contributed by atoms with Crippen molar-refractivity contribution in [3.63, 3.8) is 0 Å². The zero-order valence-electron chi connectivity index (χ0n) is 14.2. The topological polar surface area (TPSA) is 69.6 Å². The van der Waals surface area contributed by atoms with Gasteiger partial charge in [0.15, 0.2) is 0 Å². The first kappa shape index (κ1) is 17.8. The Labute approximate surface area is 128 Å². The second kappa shape index (κ2) is 6.24. The summed E-state index contributed by atoms with van der Waals surface area (Å²) in [5.74, 6) is -0.179. The summed E-state index contributed by atoms with van der Waals surface area (Å²) in [4.78, 5) is 25.6. The minimum Gasteiger partial charge on any atom is -0.481 e. The third kappa shape index (κ3) is 3.89. The number of aliphatic carboxylic acids is 1. The van der Waals surface area contributed by atoms with Gasteiger partial charge in [-0.25, -0.2) is 4.79 Å². The Morgan fingerprint density at radius 1 is 1.10 bits per heavy atom. The number of urea groups is 1. The molecule has 5 heteroatoms. The highest BCUT2D eigenvalue weighted by Gasteiger charge is 2.45. The highest BCUT2D eigenvalue weighted by Crippen LogP contribution is 2.31. The molecule has 0 radical (unpaired) electrons. The fourth-order valence-electron chi connectivity index (χ4n) is 2.57. The van der Waals surface area contributed by atoms with Crippen molar-refractivity contribution >= 4 is 12.0 Å². The summed E-state index contributed by atoms with van der Waals surface area (Å²) in [6.07, 6.45) is 4.33. The van der Waals surface area contributed by atoms with Crippen molar-refractivity contribution in [3.05, 3.63) is 0 Å². The Balaban J connectivity index is 2.69. The van der Waals surface area contributed by atoms with Crippen LogP contribution >= 0.6 is 0 Å². The molecule has 0 bridgehead atoms. The Morgan fingerprint density at radius 3 is 2.00 bits per heavy atom. The molecule has 21 heavy (non-hydrogen) atoms. The van der Waals surface area contributed by atoms with Gasteiger partial charge in [0, 0.05) is 13.1 Å². The average molecular weight is 298 g/mol. The Hall–Kier alpha value is -1.26. The minimum atomic E-state index is -1.04. The van der Waals surface area contributed by atoms with Crippen LogP contribution in [0.1, 0.15) is 60.3 Å². The van der Waals surface area contributed by atoms with E-state index >= 15 is 0 Å². The van der Waals surface area contributed by atoms with E-state index in [1.165, 1.54) is 0 Å². The number of carbonyl (C=O) groups excluding carboxylic acids is 1. The van der Waals surface area contributed by atoms with E-state index in [-0.39, 0.29) is 12.1 Å². The van der Waals surface area contributed by atoms with Gasteiger partial charge >= 0.3 is 12.0 Å². The van der Waals surface area contributed by atoms with Crippen LogP contribution in [0.5, 0.6) is 0 Å². The molecule has 0 aromatic heterocycles. The van der Waals surface area contributed by atoms with E-state index in [1.807, 2.05) is 0 Å². The Kier molecular flexibility index (Phi) is 5.29. The van der Waals surface area contributed by atoms with E-state index in [0.717, 1.165) is 31.6 Å². The maximum Gasteiger partial charge on any atom is 0.317 e. The van der Waals surface area contributed by atoms with Crippen LogP contribution in [0.4, 0.5) is 4.79 Å². The van der Waals surface area contributed by atoms with Gasteiger partial charge in [0.05, 0.1) is 11.0 Å². The molecule has 1 aliphatic carbocycles. The van der Waals surface area contributed by atoms with Gasteiger partial charge in [0.1, 0.15) is 0 Å². The number of carboxylic acid groups (broad SMARTS) is 1. The van der Waals surface area contributed by atoms with E-state index in [1.54, 1.807) is 39.6 Å². The summed E-state index contributed by atoms with van der Waals surface area (Å²) in [5.41, 5.74) is -1.86. The van der Waals surface area contributed by atoms with Gasteiger partial charge in [0.25, 0.3) is 0 Å². The van der Waals surface area contributed by atoms with Crippen LogP contribution in [0.25, 0.3) is 0 Å². The van der Waals surface area contributed by atoms with Crippen molar-refractivity contribution < 1.29 is 14.7 Å². The lowest BCUT2D eigenvalue weighted by molar-refractivity contribution is -0.150. The molecule has 2 amide bonds. The number of nitrogens with one attached hydrogen (secondary N) is 1. The molecule has 0 aromatic rings. The highest BCUT2D eigenvalue weighted by molar-refractivity contribution is 5.79. The van der Waals surface area contributed by atoms with E-state index in [9.17, 15) is 14.7 Å². The second-order valence-corrected chi connectivity index (χ2v) is 7.51. The van der Waals surface area contributed by atoms with E-state index < -0.39 is 16.9 Å². The molecular weight excluding hydrogens is 268 g/mol. The summed E-state index contributed by atoms with van der Waals surface area (Å²) in [6, 6.07) is 0.0684. The number of nitrogens with zero attached hydrogens (tertiary/aromatic N) is 1. The molecule has 0 atom stereocenters. The predicted octanol–water partition coefficient (Wildman–Crippen LogP) is 3.10. The van der Waals surface area contributed by atoms with Crippen LogP contribution < -0.4 is 5.32 Å². The van der Waals surface area contributed by atoms with E-state index in [2.05, 4.69) is 12.2 Å². The lowest BCUT2D eigenvalue weighted by Crippen LogP contribution is -2.60. The molecule has 0 unspecified atom stereocenters. The van der Waals surface area contributed by atoms with E-state index in [0.29, 0.717) is 0 Å². The van der Waals surface area contributed by atoms with Crippen LogP contribution in [0, 0.1) is 11.3 Å². The lowest BCUT2D eigenvalue weighted by atomic mass is 9.74. The Bertz CT molecular complexity index is 396. The highest BCUT2D eigenvalue weighted by atomic mass is 16.4. The number of amides is 2. The van der Waals surface area contributed by atoms with Gasteiger partial charge in [-0.05, 0) is 59.3 Å². The van der Waals surface area contributed by atoms with Crippen LogP contribution in [-0.4, -0.2) is 40.6 Å². The quantitative estimate of drug-likeness (QED) is 0.838. The first-order chi connectivity index (χ1) is 9.49. The van der Waals surface area contributed by atoms with Gasteiger partial charge in [0.2, 0.25) is 0 Å². The van der Waals surface area contributed by atoms with Gasteiger partial charge in [-0.3, -0.25) is 4.79 Å². The summed E-state index contributed by atoms with van der Waals surface area (Å²) in [6.45, 7) is 9.04. The monoisotopic (exact) mass is 298 g/mol. The van der Waals surface area contributed by atoms with Gasteiger partial charge in [-0.1, -0.05) is 6.92 Å². The lowest BCUT2D eigenvalue weighted by Gasteiger charge is -2.41. The van der Waals surface area contributed by atoms with Gasteiger partial charge < -0.3 is 15.3 Å². The largest absolute Gasteiger partial charge is 0.481 e. The minimum absolute atomic E-state index is 0.186. The smallest absolute Gasteiger partial charge is 0.317 e. The number of carbonyl (C=O) groups is 2. The first-order valence-electron chi connectivity index (χ1n) is 7.77. The molecule has 2 N–H and O–H groups in total. The van der Waals surface area contributed by atoms with Gasteiger partial charge in [-0.2, -0.15) is 0 Å². The van der Waals surface area contributed by atoms with Crippen LogP contribution in [0.3, 0.4) is 0 Å². The maximum absolute atomic E-state index is 12.4. The number of rotatable bonds is 4. The van der Waals surface area contributed by atoms with Crippen molar-refractivity contribution in [1.29, 1.82) is 0 Å². The summed E-state index contributed by atoms with van der Waals surface area (Å²) < 4.78 is 0. The number of hydrogen-bond donors (Lipinski definition) is 2. The van der Waals surface area contributed by atoms with Crippen molar-refractivity contribution in [2.75, 3.05) is 7.05 Å². The molecule has 0 aliphatic heterocycles. The van der Waals surface area contributed by atoms with Crippen molar-refractivity contribution in [3.8, 4) is 0 Å². The van der Waals surface area contributed by atoms with Crippen molar-refractivity contribution in [2.45, 2.75) is 71.9 Å². The van der Waals surface area contributed by atoms with E-state index in [4.69, 9.17) is 0 Å². The average Bonchev–Trinajstić information content (AvgIpc) is 2.37. The second-order valence-electron chi connectivity index (χ2n) is 7.51. The molecule has 1 aliphatic rings. The molecule has 1 fully saturated rings. The number of hydrogen-bond acceptors (Lipinski definition) is 2. The zero-order valence-corrected chi connectivity index (χ0v) is 14.2. The predicted molar refractivity (Wildman–Crippen MR) is 83.2 cm³/mol. The van der Waals surface area contributed by atoms with Crippen molar-refractivity contribution in [2.24, 2.45) is 11.3 Å². The molecule has 0 spiro atoms. The molecule has 0 saturated heterocycles. The van der Waals surface area contributed by atoms with Crippen LogP contribution in [0.15, 0.2) is 0 Å². The number of carboxylic acids is 1. The van der Waals surface area contributed by atoms with Crippen molar-refractivity contribution in [1.82, 2.24) is 10.2 Å². The molecule has 0 aromatic carbocycles. The van der Waals surface area contributed by atoms with Crippen LogP contribution in [-0.2, 0) is 4.79 Å². The third-order valence-electron chi connectivity index (χ3n) is 5.37. The normalized spacial score (nSPS) is 23.5.